The van der Waals surface area contributed by atoms with E-state index in [0.717, 1.165) is 29.5 Å². The van der Waals surface area contributed by atoms with Crippen LogP contribution < -0.4 is 10.2 Å². The van der Waals surface area contributed by atoms with E-state index in [1.54, 1.807) is 29.7 Å². The molecule has 0 radical (unpaired) electrons. The van der Waals surface area contributed by atoms with Crippen molar-refractivity contribution in [3.63, 3.8) is 0 Å². The van der Waals surface area contributed by atoms with Crippen molar-refractivity contribution in [2.24, 2.45) is 0 Å². The lowest BCUT2D eigenvalue weighted by Gasteiger charge is -2.16. The number of nitrogens with one attached hydrogen (secondary N) is 1. The number of carbonyl (C=O) groups excluding carboxylic acids is 1. The predicted molar refractivity (Wildman–Crippen MR) is 95.5 cm³/mol. The van der Waals surface area contributed by atoms with Gasteiger partial charge in [-0.15, -0.1) is 21.5 Å². The average molecular weight is 339 g/mol. The summed E-state index contributed by atoms with van der Waals surface area (Å²) in [4.78, 5) is 18.4. The number of hydrogen-bond donors (Lipinski definition) is 1. The summed E-state index contributed by atoms with van der Waals surface area (Å²) in [7, 11) is 1.95. The Kier molecular flexibility index (Phi) is 5.12. The number of hydrogen-bond acceptors (Lipinski definition) is 6. The standard InChI is InChI=1S/C17H17N5OS/c1-22(11-9-16-18-10-12-24-16)15-8-7-14(20-21-15)17(23)19-13-5-3-2-4-6-13/h2-8,10,12H,9,11H2,1H3,(H,19,23). The minimum absolute atomic E-state index is 0.273. The third-order valence-electron chi connectivity index (χ3n) is 3.45. The van der Waals surface area contributed by atoms with Crippen molar-refractivity contribution in [1.29, 1.82) is 0 Å². The highest BCUT2D eigenvalue weighted by Gasteiger charge is 2.10. The maximum Gasteiger partial charge on any atom is 0.276 e. The van der Waals surface area contributed by atoms with E-state index in [1.165, 1.54) is 0 Å². The molecular formula is C17H17N5OS. The van der Waals surface area contributed by atoms with E-state index in [0.29, 0.717) is 0 Å². The first-order valence-electron chi connectivity index (χ1n) is 7.52. The van der Waals surface area contributed by atoms with Gasteiger partial charge in [-0.25, -0.2) is 4.98 Å². The number of para-hydroxylation sites is 1. The molecule has 1 N–H and O–H groups in total. The van der Waals surface area contributed by atoms with Crippen molar-refractivity contribution in [2.75, 3.05) is 23.8 Å². The first-order valence-corrected chi connectivity index (χ1v) is 8.40. The number of benzene rings is 1. The number of rotatable bonds is 6. The van der Waals surface area contributed by atoms with E-state index >= 15 is 0 Å². The Labute approximate surface area is 144 Å². The molecule has 0 fully saturated rings. The molecule has 7 heteroatoms. The Morgan fingerprint density at radius 3 is 2.67 bits per heavy atom. The van der Waals surface area contributed by atoms with Crippen LogP contribution in [0, 0.1) is 0 Å². The fourth-order valence-corrected chi connectivity index (χ4v) is 2.73. The number of nitrogens with zero attached hydrogens (tertiary/aromatic N) is 4. The number of anilines is 2. The Morgan fingerprint density at radius 2 is 2.00 bits per heavy atom. The van der Waals surface area contributed by atoms with Gasteiger partial charge in [-0.05, 0) is 24.3 Å². The highest BCUT2D eigenvalue weighted by atomic mass is 32.1. The van der Waals surface area contributed by atoms with Crippen LogP contribution in [0.3, 0.4) is 0 Å². The van der Waals surface area contributed by atoms with Gasteiger partial charge < -0.3 is 10.2 Å². The number of carbonyl (C=O) groups is 1. The number of amides is 1. The average Bonchev–Trinajstić information content (AvgIpc) is 3.14. The molecule has 2 heterocycles. The lowest BCUT2D eigenvalue weighted by atomic mass is 10.3. The molecule has 0 atom stereocenters. The van der Waals surface area contributed by atoms with E-state index in [-0.39, 0.29) is 11.6 Å². The number of aromatic nitrogens is 3. The molecular weight excluding hydrogens is 322 g/mol. The van der Waals surface area contributed by atoms with Crippen molar-refractivity contribution in [1.82, 2.24) is 15.2 Å². The quantitative estimate of drug-likeness (QED) is 0.748. The second-order valence-corrected chi connectivity index (χ2v) is 6.17. The maximum absolute atomic E-state index is 12.1. The molecule has 3 aromatic rings. The van der Waals surface area contributed by atoms with Gasteiger partial charge in [-0.3, -0.25) is 4.79 Å². The number of likely N-dealkylation sites (N-methyl/N-ethyl adjacent to an activating group) is 1. The molecule has 24 heavy (non-hydrogen) atoms. The van der Waals surface area contributed by atoms with E-state index in [1.807, 2.05) is 47.7 Å². The third kappa shape index (κ3) is 4.14. The molecule has 1 aromatic carbocycles. The summed E-state index contributed by atoms with van der Waals surface area (Å²) in [6.07, 6.45) is 2.66. The molecule has 2 aromatic heterocycles. The minimum Gasteiger partial charge on any atom is -0.358 e. The monoisotopic (exact) mass is 339 g/mol. The summed E-state index contributed by atoms with van der Waals surface area (Å²) >= 11 is 1.64. The van der Waals surface area contributed by atoms with Crippen LogP contribution in [0.15, 0.2) is 54.0 Å². The molecule has 0 aliphatic rings. The highest BCUT2D eigenvalue weighted by molar-refractivity contribution is 7.09. The maximum atomic E-state index is 12.1. The first kappa shape index (κ1) is 16.1. The van der Waals surface area contributed by atoms with Gasteiger partial charge in [0.05, 0.1) is 5.01 Å². The fourth-order valence-electron chi connectivity index (χ4n) is 2.12. The minimum atomic E-state index is -0.273. The first-order chi connectivity index (χ1) is 11.7. The SMILES string of the molecule is CN(CCc1nccs1)c1ccc(C(=O)Nc2ccccc2)nn1. The fraction of sp³-hybridized carbons (Fsp3) is 0.176. The van der Waals surface area contributed by atoms with E-state index in [9.17, 15) is 4.79 Å². The normalized spacial score (nSPS) is 10.4. The Bertz CT molecular complexity index is 775. The molecule has 0 aliphatic heterocycles. The van der Waals surface area contributed by atoms with Gasteiger partial charge in [0, 0.05) is 37.3 Å². The summed E-state index contributed by atoms with van der Waals surface area (Å²) in [6.45, 7) is 0.789. The van der Waals surface area contributed by atoms with Gasteiger partial charge in [0.25, 0.3) is 5.91 Å². The highest BCUT2D eigenvalue weighted by Crippen LogP contribution is 2.12. The molecule has 3 rings (SSSR count). The summed E-state index contributed by atoms with van der Waals surface area (Å²) in [6, 6.07) is 12.8. The van der Waals surface area contributed by atoms with Crippen LogP contribution in [0.1, 0.15) is 15.5 Å². The van der Waals surface area contributed by atoms with Crippen molar-refractivity contribution in [3.05, 3.63) is 64.7 Å². The van der Waals surface area contributed by atoms with Crippen LogP contribution in [-0.2, 0) is 6.42 Å². The van der Waals surface area contributed by atoms with E-state index < -0.39 is 0 Å². The topological polar surface area (TPSA) is 71.0 Å². The van der Waals surface area contributed by atoms with Gasteiger partial charge in [-0.1, -0.05) is 18.2 Å². The Morgan fingerprint density at radius 1 is 1.17 bits per heavy atom. The van der Waals surface area contributed by atoms with Crippen LogP contribution in [-0.4, -0.2) is 34.7 Å². The summed E-state index contributed by atoms with van der Waals surface area (Å²) in [5.74, 6) is 0.452. The van der Waals surface area contributed by atoms with Crippen molar-refractivity contribution >= 4 is 28.7 Å². The molecule has 0 saturated carbocycles. The Hall–Kier alpha value is -2.80. The van der Waals surface area contributed by atoms with Gasteiger partial charge in [0.1, 0.15) is 0 Å². The van der Waals surface area contributed by atoms with Crippen molar-refractivity contribution < 1.29 is 4.79 Å². The summed E-state index contributed by atoms with van der Waals surface area (Å²) < 4.78 is 0. The van der Waals surface area contributed by atoms with Crippen LogP contribution in [0.5, 0.6) is 0 Å². The predicted octanol–water partition coefficient (Wildman–Crippen LogP) is 2.86. The Balaban J connectivity index is 1.59. The van der Waals surface area contributed by atoms with E-state index in [4.69, 9.17) is 0 Å². The largest absolute Gasteiger partial charge is 0.358 e. The van der Waals surface area contributed by atoms with Gasteiger partial charge >= 0.3 is 0 Å². The lowest BCUT2D eigenvalue weighted by Crippen LogP contribution is -2.22. The van der Waals surface area contributed by atoms with Crippen LogP contribution in [0.2, 0.25) is 0 Å². The molecule has 6 nitrogen and oxygen atoms in total. The lowest BCUT2D eigenvalue weighted by molar-refractivity contribution is 0.102. The second kappa shape index (κ2) is 7.65. The van der Waals surface area contributed by atoms with Gasteiger partial charge in [-0.2, -0.15) is 0 Å². The van der Waals surface area contributed by atoms with E-state index in [2.05, 4.69) is 20.5 Å². The smallest absolute Gasteiger partial charge is 0.276 e. The second-order valence-electron chi connectivity index (χ2n) is 5.19. The van der Waals surface area contributed by atoms with Crippen LogP contribution >= 0.6 is 11.3 Å². The summed E-state index contributed by atoms with van der Waals surface area (Å²) in [5, 5.41) is 14.0. The number of thiazole rings is 1. The zero-order valence-electron chi connectivity index (χ0n) is 13.2. The van der Waals surface area contributed by atoms with Crippen molar-refractivity contribution in [2.45, 2.75) is 6.42 Å². The van der Waals surface area contributed by atoms with Gasteiger partial charge in [0.15, 0.2) is 11.5 Å². The molecule has 0 aliphatic carbocycles. The van der Waals surface area contributed by atoms with Crippen LogP contribution in [0.25, 0.3) is 0 Å². The molecule has 0 spiro atoms. The zero-order valence-corrected chi connectivity index (χ0v) is 14.0. The third-order valence-corrected chi connectivity index (χ3v) is 4.29. The molecule has 122 valence electrons. The zero-order chi connectivity index (χ0) is 16.8. The summed E-state index contributed by atoms with van der Waals surface area (Å²) in [5.41, 5.74) is 1.02. The molecule has 0 unspecified atom stereocenters. The van der Waals surface area contributed by atoms with Crippen molar-refractivity contribution in [3.8, 4) is 0 Å². The molecule has 0 bridgehead atoms. The molecule has 1 amide bonds. The molecule has 0 saturated heterocycles. The van der Waals surface area contributed by atoms with Gasteiger partial charge in [0.2, 0.25) is 0 Å². The van der Waals surface area contributed by atoms with Crippen LogP contribution in [0.4, 0.5) is 11.5 Å².